The Morgan fingerprint density at radius 1 is 0.829 bits per heavy atom. The Bertz CT molecular complexity index is 1570. The minimum atomic E-state index is -0.168. The molecule has 1 aromatic heterocycles. The molecule has 0 fully saturated rings. The Morgan fingerprint density at radius 3 is 2.22 bits per heavy atom. The zero-order valence-electron chi connectivity index (χ0n) is 24.2. The minimum absolute atomic E-state index is 0.168. The molecule has 0 radical (unpaired) electrons. The number of aryl methyl sites for hydroxylation is 1. The van der Waals surface area contributed by atoms with Gasteiger partial charge in [0.2, 0.25) is 0 Å². The Hall–Kier alpha value is -4.24. The highest BCUT2D eigenvalue weighted by Gasteiger charge is 2.16. The fourth-order valence-electron chi connectivity index (χ4n) is 4.76. The number of rotatable bonds is 12. The van der Waals surface area contributed by atoms with Crippen molar-refractivity contribution < 1.29 is 18.9 Å². The first-order chi connectivity index (χ1) is 19.9. The van der Waals surface area contributed by atoms with Gasteiger partial charge in [-0.1, -0.05) is 30.3 Å². The molecule has 9 heteroatoms. The van der Waals surface area contributed by atoms with Gasteiger partial charge in [0, 0.05) is 30.1 Å². The van der Waals surface area contributed by atoms with Gasteiger partial charge in [0.25, 0.3) is 5.56 Å². The van der Waals surface area contributed by atoms with Crippen LogP contribution in [0.3, 0.4) is 0 Å². The van der Waals surface area contributed by atoms with Gasteiger partial charge in [0.1, 0.15) is 0 Å². The molecule has 1 heterocycles. The molecule has 0 spiro atoms. The number of nitrogens with one attached hydrogen (secondary N) is 2. The summed E-state index contributed by atoms with van der Waals surface area (Å²) in [5.74, 6) is 2.54. The summed E-state index contributed by atoms with van der Waals surface area (Å²) in [4.78, 5) is 18.2. The molecule has 3 aromatic carbocycles. The lowest BCUT2D eigenvalue weighted by molar-refractivity contribution is 0.354. The second-order valence-electron chi connectivity index (χ2n) is 9.69. The molecule has 2 N–H and O–H groups in total. The van der Waals surface area contributed by atoms with Crippen LogP contribution in [0.25, 0.3) is 10.9 Å². The second-order valence-corrected chi connectivity index (χ2v) is 10.1. The van der Waals surface area contributed by atoms with Crippen LogP contribution < -0.4 is 29.8 Å². The van der Waals surface area contributed by atoms with E-state index in [4.69, 9.17) is 31.2 Å². The Labute approximate surface area is 246 Å². The van der Waals surface area contributed by atoms with Crippen LogP contribution in [-0.2, 0) is 19.4 Å². The number of H-pyrrole nitrogens is 1. The van der Waals surface area contributed by atoms with Crippen LogP contribution in [0, 0.1) is 6.92 Å². The van der Waals surface area contributed by atoms with Crippen LogP contribution in [0.15, 0.2) is 65.5 Å². The third kappa shape index (κ3) is 7.29. The average Bonchev–Trinajstić information content (AvgIpc) is 2.99. The van der Waals surface area contributed by atoms with Crippen LogP contribution in [0.4, 0.5) is 0 Å². The van der Waals surface area contributed by atoms with Crippen molar-refractivity contribution in [2.24, 2.45) is 0 Å². The van der Waals surface area contributed by atoms with Crippen LogP contribution in [0.5, 0.6) is 23.0 Å². The molecule has 0 aliphatic heterocycles. The van der Waals surface area contributed by atoms with Crippen molar-refractivity contribution in [2.45, 2.75) is 26.3 Å². The van der Waals surface area contributed by atoms with Crippen molar-refractivity contribution in [2.75, 3.05) is 41.5 Å². The fraction of sp³-hybridized carbons (Fsp3) is 0.312. The summed E-state index contributed by atoms with van der Waals surface area (Å²) in [6.07, 6.45) is 1.53. The summed E-state index contributed by atoms with van der Waals surface area (Å²) >= 11 is 5.86. The van der Waals surface area contributed by atoms with Crippen molar-refractivity contribution in [1.82, 2.24) is 15.2 Å². The van der Waals surface area contributed by atoms with Crippen molar-refractivity contribution in [3.63, 3.8) is 0 Å². The molecule has 0 saturated heterocycles. The SMILES string of the molecule is COc1ccc(CCNC(=S)N(CCc2ccccc2C)Cc2cc3cc(OC)c(OC)cc3[nH]c2=O)cc1OC. The molecule has 4 aromatic rings. The highest BCUT2D eigenvalue weighted by molar-refractivity contribution is 7.80. The predicted octanol–water partition coefficient (Wildman–Crippen LogP) is 5.03. The van der Waals surface area contributed by atoms with Crippen LogP contribution >= 0.6 is 12.2 Å². The lowest BCUT2D eigenvalue weighted by Crippen LogP contribution is -2.42. The molecule has 0 unspecified atom stereocenters. The van der Waals surface area contributed by atoms with Crippen molar-refractivity contribution in [1.29, 1.82) is 0 Å². The lowest BCUT2D eigenvalue weighted by Gasteiger charge is -2.26. The molecule has 0 saturated carbocycles. The molecule has 41 heavy (non-hydrogen) atoms. The number of hydrogen-bond donors (Lipinski definition) is 2. The summed E-state index contributed by atoms with van der Waals surface area (Å²) in [6, 6.07) is 19.7. The Morgan fingerprint density at radius 2 is 1.51 bits per heavy atom. The van der Waals surface area contributed by atoms with Gasteiger partial charge in [0.15, 0.2) is 28.1 Å². The number of thiocarbonyl (C=S) groups is 1. The number of methoxy groups -OCH3 is 4. The Balaban J connectivity index is 1.54. The zero-order chi connectivity index (χ0) is 29.4. The van der Waals surface area contributed by atoms with Crippen LogP contribution in [0.1, 0.15) is 22.3 Å². The quantitative estimate of drug-likeness (QED) is 0.228. The maximum Gasteiger partial charge on any atom is 0.253 e. The standard InChI is InChI=1S/C32H37N3O5S/c1-21-8-6-7-9-23(21)13-15-35(32(41)33-14-12-22-10-11-27(37-2)28(16-22)38-3)20-25-17-24-18-29(39-4)30(40-5)19-26(24)34-31(25)36/h6-11,16-19H,12-15,20H2,1-5H3,(H,33,41)(H,34,36). The molecule has 4 rings (SSSR count). The summed E-state index contributed by atoms with van der Waals surface area (Å²) in [7, 11) is 6.41. The maximum absolute atomic E-state index is 13.1. The third-order valence-corrected chi connectivity index (χ3v) is 7.53. The number of hydrogen-bond acceptors (Lipinski definition) is 6. The van der Waals surface area contributed by atoms with Crippen LogP contribution in [-0.4, -0.2) is 56.5 Å². The van der Waals surface area contributed by atoms with E-state index in [2.05, 4.69) is 29.4 Å². The van der Waals surface area contributed by atoms with E-state index in [0.29, 0.717) is 58.8 Å². The van der Waals surface area contributed by atoms with E-state index < -0.39 is 0 Å². The highest BCUT2D eigenvalue weighted by Crippen LogP contribution is 2.31. The number of pyridine rings is 1. The van der Waals surface area contributed by atoms with Gasteiger partial charge in [-0.05, 0) is 72.9 Å². The predicted molar refractivity (Wildman–Crippen MR) is 167 cm³/mol. The monoisotopic (exact) mass is 575 g/mol. The molecule has 216 valence electrons. The lowest BCUT2D eigenvalue weighted by atomic mass is 10.1. The van der Waals surface area contributed by atoms with Gasteiger partial charge in [-0.2, -0.15) is 0 Å². The van der Waals surface area contributed by atoms with E-state index >= 15 is 0 Å². The van der Waals surface area contributed by atoms with Gasteiger partial charge < -0.3 is 34.1 Å². The summed E-state index contributed by atoms with van der Waals surface area (Å²) in [5.41, 5.74) is 4.69. The number of ether oxygens (including phenoxy) is 4. The Kier molecular flexibility index (Phi) is 10.1. The highest BCUT2D eigenvalue weighted by atomic mass is 32.1. The normalized spacial score (nSPS) is 10.8. The van der Waals surface area contributed by atoms with E-state index in [1.807, 2.05) is 47.4 Å². The zero-order valence-corrected chi connectivity index (χ0v) is 25.0. The van der Waals surface area contributed by atoms with E-state index in [1.54, 1.807) is 34.5 Å². The smallest absolute Gasteiger partial charge is 0.253 e. The first-order valence-corrected chi connectivity index (χ1v) is 13.8. The molecule has 0 amide bonds. The molecular formula is C32H37N3O5S. The summed E-state index contributed by atoms with van der Waals surface area (Å²) in [6.45, 7) is 3.74. The van der Waals surface area contributed by atoms with Gasteiger partial charge in [-0.15, -0.1) is 0 Å². The van der Waals surface area contributed by atoms with Gasteiger partial charge >= 0.3 is 0 Å². The second kappa shape index (κ2) is 13.9. The van der Waals surface area contributed by atoms with Crippen molar-refractivity contribution in [3.8, 4) is 23.0 Å². The molecule has 0 aliphatic carbocycles. The molecule has 8 nitrogen and oxygen atoms in total. The molecule has 0 bridgehead atoms. The average molecular weight is 576 g/mol. The maximum atomic E-state index is 13.1. The van der Waals surface area contributed by atoms with E-state index in [1.165, 1.54) is 11.1 Å². The molecular weight excluding hydrogens is 538 g/mol. The van der Waals surface area contributed by atoms with E-state index in [0.717, 1.165) is 23.8 Å². The summed E-state index contributed by atoms with van der Waals surface area (Å²) < 4.78 is 21.6. The number of aromatic amines is 1. The van der Waals surface area contributed by atoms with E-state index in [-0.39, 0.29) is 5.56 Å². The van der Waals surface area contributed by atoms with Crippen molar-refractivity contribution >= 4 is 28.2 Å². The summed E-state index contributed by atoms with van der Waals surface area (Å²) in [5, 5.41) is 4.83. The van der Waals surface area contributed by atoms with Gasteiger partial charge in [-0.3, -0.25) is 4.79 Å². The molecule has 0 aliphatic rings. The number of fused-ring (bicyclic) bond motifs is 1. The molecule has 0 atom stereocenters. The first kappa shape index (κ1) is 29.7. The fourth-order valence-corrected chi connectivity index (χ4v) is 5.02. The van der Waals surface area contributed by atoms with Crippen molar-refractivity contribution in [3.05, 3.63) is 93.3 Å². The number of benzene rings is 3. The van der Waals surface area contributed by atoms with E-state index in [9.17, 15) is 4.79 Å². The number of aromatic nitrogens is 1. The van der Waals surface area contributed by atoms with Gasteiger partial charge in [-0.25, -0.2) is 0 Å². The van der Waals surface area contributed by atoms with Crippen LogP contribution in [0.2, 0.25) is 0 Å². The number of nitrogens with zero attached hydrogens (tertiary/aromatic N) is 1. The topological polar surface area (TPSA) is 85.1 Å². The van der Waals surface area contributed by atoms with Gasteiger partial charge in [0.05, 0.1) is 40.5 Å². The largest absolute Gasteiger partial charge is 0.493 e. The minimum Gasteiger partial charge on any atom is -0.493 e. The first-order valence-electron chi connectivity index (χ1n) is 13.4. The third-order valence-electron chi connectivity index (χ3n) is 7.12.